The van der Waals surface area contributed by atoms with Crippen molar-refractivity contribution in [1.82, 2.24) is 0 Å². The lowest BCUT2D eigenvalue weighted by atomic mass is 9.95. The quantitative estimate of drug-likeness (QED) is 0.488. The Hall–Kier alpha value is -0.930. The van der Waals surface area contributed by atoms with Crippen molar-refractivity contribution in [3.63, 3.8) is 0 Å². The van der Waals surface area contributed by atoms with Crippen molar-refractivity contribution in [2.75, 3.05) is 0 Å². The normalized spacial score (nSPS) is 8.44. The largest absolute Gasteiger partial charge is 0.103 e. The van der Waals surface area contributed by atoms with Gasteiger partial charge < -0.3 is 0 Å². The van der Waals surface area contributed by atoms with Gasteiger partial charge >= 0.3 is 0 Å². The number of terminal acetylenes is 1. The van der Waals surface area contributed by atoms with Gasteiger partial charge in [0, 0.05) is 5.38 Å². The number of rotatable bonds is 0. The van der Waals surface area contributed by atoms with Gasteiger partial charge in [-0.25, -0.2) is 0 Å². The molecule has 0 saturated heterocycles. The molecule has 0 radical (unpaired) electrons. The van der Waals surface area contributed by atoms with Gasteiger partial charge in [0.05, 0.1) is 0 Å². The van der Waals surface area contributed by atoms with E-state index in [1.54, 1.807) is 5.38 Å². The Balaban J connectivity index is 0.000000120. The van der Waals surface area contributed by atoms with Crippen LogP contribution in [0.25, 0.3) is 11.1 Å². The van der Waals surface area contributed by atoms with Crippen LogP contribution in [0.2, 0.25) is 0 Å². The Morgan fingerprint density at radius 2 is 1.33 bits per heavy atom. The fourth-order valence-corrected chi connectivity index (χ4v) is 0.663. The first-order valence-corrected chi connectivity index (χ1v) is 2.93. The molecule has 0 N–H and O–H groups in total. The summed E-state index contributed by atoms with van der Waals surface area (Å²) < 4.78 is 0. The average Bonchev–Trinajstić information content (AvgIpc) is 1.81. The van der Waals surface area contributed by atoms with Crippen LogP contribution in [0.4, 0.5) is 0 Å². The van der Waals surface area contributed by atoms with Crippen LogP contribution >= 0.6 is 11.6 Å². The second kappa shape index (κ2) is 2.57. The lowest BCUT2D eigenvalue weighted by Gasteiger charge is -2.10. The van der Waals surface area contributed by atoms with Crippen LogP contribution in [0.15, 0.2) is 24.3 Å². The minimum absolute atomic E-state index is 1.43. The number of halogens is 1. The minimum Gasteiger partial charge on any atom is -0.103 e. The lowest BCUT2D eigenvalue weighted by molar-refractivity contribution is 1.55. The smallest absolute Gasteiger partial charge is 0.000627 e. The van der Waals surface area contributed by atoms with E-state index in [0.717, 1.165) is 0 Å². The van der Waals surface area contributed by atoms with Crippen molar-refractivity contribution in [1.29, 1.82) is 0 Å². The molecule has 2 rings (SSSR count). The second-order valence-corrected chi connectivity index (χ2v) is 1.90. The zero-order valence-electron chi connectivity index (χ0n) is 4.76. The number of hydrogen-bond donors (Lipinski definition) is 0. The zero-order valence-corrected chi connectivity index (χ0v) is 5.52. The first-order valence-electron chi connectivity index (χ1n) is 2.55. The lowest BCUT2D eigenvalue weighted by Crippen LogP contribution is -1.85. The molecule has 0 heterocycles. The highest BCUT2D eigenvalue weighted by atomic mass is 35.5. The summed E-state index contributed by atoms with van der Waals surface area (Å²) in [6.07, 6.45) is 4.36. The molecule has 0 aliphatic heterocycles. The van der Waals surface area contributed by atoms with Crippen molar-refractivity contribution >= 4 is 11.6 Å². The standard InChI is InChI=1S/C6H4.C2HCl/c1-2-6-4-3-5(1)6;1-2-3/h1-4H;1H. The molecule has 0 aromatic heterocycles. The molecule has 0 fully saturated rings. The molecule has 9 heavy (non-hydrogen) atoms. The van der Waals surface area contributed by atoms with Gasteiger partial charge in [-0.3, -0.25) is 0 Å². The molecule has 0 nitrogen and oxygen atoms in total. The minimum atomic E-state index is 1.43. The van der Waals surface area contributed by atoms with Crippen molar-refractivity contribution in [2.45, 2.75) is 0 Å². The predicted molar refractivity (Wildman–Crippen MR) is 40.1 cm³/mol. The SMILES string of the molecule is C#CCl.c1cc2ccc1-2. The van der Waals surface area contributed by atoms with Crippen LogP contribution in [0.5, 0.6) is 0 Å². The summed E-state index contributed by atoms with van der Waals surface area (Å²) >= 11 is 4.53. The highest BCUT2D eigenvalue weighted by Crippen LogP contribution is 2.29. The van der Waals surface area contributed by atoms with Gasteiger partial charge in [-0.2, -0.15) is 0 Å². The van der Waals surface area contributed by atoms with Crippen LogP contribution in [-0.4, -0.2) is 0 Å². The van der Waals surface area contributed by atoms with Crippen molar-refractivity contribution in [3.05, 3.63) is 24.3 Å². The van der Waals surface area contributed by atoms with Crippen LogP contribution in [-0.2, 0) is 0 Å². The van der Waals surface area contributed by atoms with Crippen LogP contribution in [0.1, 0.15) is 0 Å². The van der Waals surface area contributed by atoms with Crippen LogP contribution < -0.4 is 0 Å². The molecule has 0 unspecified atom stereocenters. The Kier molecular flexibility index (Phi) is 1.77. The molecular weight excluding hydrogens is 132 g/mol. The summed E-state index contributed by atoms with van der Waals surface area (Å²) in [4.78, 5) is 0. The number of hydrogen-bond acceptors (Lipinski definition) is 0. The number of fused-ring (bicyclic) bond motifs is 1. The Bertz CT molecular complexity index is 207. The van der Waals surface area contributed by atoms with Crippen molar-refractivity contribution in [3.8, 4) is 22.9 Å². The van der Waals surface area contributed by atoms with Crippen molar-refractivity contribution < 1.29 is 0 Å². The average molecular weight is 137 g/mol. The topological polar surface area (TPSA) is 0 Å². The third kappa shape index (κ3) is 1.06. The fraction of sp³-hybridized carbons (Fsp3) is 0. The Morgan fingerprint density at radius 3 is 1.33 bits per heavy atom. The van der Waals surface area contributed by atoms with Crippen LogP contribution in [0, 0.1) is 11.8 Å². The van der Waals surface area contributed by atoms with E-state index >= 15 is 0 Å². The summed E-state index contributed by atoms with van der Waals surface area (Å²) in [5, 5.41) is 1.72. The molecular formula is C8H5Cl. The van der Waals surface area contributed by atoms with E-state index in [1.807, 2.05) is 0 Å². The molecule has 2 aliphatic rings. The van der Waals surface area contributed by atoms with E-state index < -0.39 is 0 Å². The zero-order chi connectivity index (χ0) is 6.69. The maximum absolute atomic E-state index is 4.53. The molecule has 0 amide bonds. The van der Waals surface area contributed by atoms with Gasteiger partial charge in [-0.1, -0.05) is 24.3 Å². The molecule has 0 aromatic rings. The fourth-order valence-electron chi connectivity index (χ4n) is 0.663. The first-order chi connectivity index (χ1) is 4.38. The van der Waals surface area contributed by atoms with E-state index in [-0.39, 0.29) is 0 Å². The van der Waals surface area contributed by atoms with E-state index in [2.05, 4.69) is 42.3 Å². The van der Waals surface area contributed by atoms with E-state index in [4.69, 9.17) is 0 Å². The summed E-state index contributed by atoms with van der Waals surface area (Å²) in [7, 11) is 0. The van der Waals surface area contributed by atoms with Gasteiger partial charge in [0.1, 0.15) is 0 Å². The van der Waals surface area contributed by atoms with E-state index in [0.29, 0.717) is 0 Å². The Morgan fingerprint density at radius 1 is 1.11 bits per heavy atom. The van der Waals surface area contributed by atoms with Gasteiger partial charge in [-0.05, 0) is 22.7 Å². The van der Waals surface area contributed by atoms with Gasteiger partial charge in [0.2, 0.25) is 0 Å². The third-order valence-electron chi connectivity index (χ3n) is 1.22. The highest BCUT2D eigenvalue weighted by Gasteiger charge is 2.03. The van der Waals surface area contributed by atoms with Crippen LogP contribution in [0.3, 0.4) is 0 Å². The molecule has 44 valence electrons. The monoisotopic (exact) mass is 136 g/mol. The van der Waals surface area contributed by atoms with E-state index in [1.165, 1.54) is 11.1 Å². The molecule has 0 atom stereocenters. The molecule has 1 heteroatoms. The first kappa shape index (κ1) is 6.19. The van der Waals surface area contributed by atoms with E-state index in [9.17, 15) is 0 Å². The summed E-state index contributed by atoms with van der Waals surface area (Å²) in [6.45, 7) is 0. The molecule has 0 bridgehead atoms. The van der Waals surface area contributed by atoms with Gasteiger partial charge in [0.15, 0.2) is 0 Å². The summed E-state index contributed by atoms with van der Waals surface area (Å²) in [5.74, 6) is 0. The predicted octanol–water partition coefficient (Wildman–Crippen LogP) is 2.48. The maximum Gasteiger partial charge on any atom is 0.000627 e. The molecule has 0 spiro atoms. The second-order valence-electron chi connectivity index (χ2n) is 1.69. The summed E-state index contributed by atoms with van der Waals surface area (Å²) in [5.41, 5.74) is 2.85. The van der Waals surface area contributed by atoms with Gasteiger partial charge in [0.25, 0.3) is 0 Å². The highest BCUT2D eigenvalue weighted by molar-refractivity contribution is 6.29. The summed E-state index contributed by atoms with van der Waals surface area (Å²) in [6, 6.07) is 8.48. The maximum atomic E-state index is 4.53. The number of benzene rings is 1. The van der Waals surface area contributed by atoms with Gasteiger partial charge in [-0.15, -0.1) is 6.42 Å². The van der Waals surface area contributed by atoms with Crippen molar-refractivity contribution in [2.24, 2.45) is 0 Å². The Labute approximate surface area is 59.5 Å². The molecule has 0 aromatic carbocycles. The third-order valence-corrected chi connectivity index (χ3v) is 1.22. The molecule has 2 aliphatic carbocycles. The molecule has 0 saturated carbocycles.